The third kappa shape index (κ3) is 2.89. The monoisotopic (exact) mass is 360 g/mol. The van der Waals surface area contributed by atoms with E-state index in [0.29, 0.717) is 5.56 Å². The summed E-state index contributed by atoms with van der Waals surface area (Å²) in [5.74, 6) is 1.01. The van der Waals surface area contributed by atoms with Crippen molar-refractivity contribution in [3.8, 4) is 0 Å². The number of para-hydroxylation sites is 2. The van der Waals surface area contributed by atoms with E-state index >= 15 is 0 Å². The Hall–Kier alpha value is -3.08. The van der Waals surface area contributed by atoms with Crippen molar-refractivity contribution in [3.05, 3.63) is 66.1 Å². The Balaban J connectivity index is 1.72. The van der Waals surface area contributed by atoms with Crippen molar-refractivity contribution in [2.75, 3.05) is 0 Å². The Bertz CT molecular complexity index is 1140. The van der Waals surface area contributed by atoms with Crippen LogP contribution in [0.5, 0.6) is 0 Å². The Morgan fingerprint density at radius 2 is 1.74 bits per heavy atom. The molecular weight excluding hydrogens is 336 g/mol. The summed E-state index contributed by atoms with van der Waals surface area (Å²) >= 11 is 0. The van der Waals surface area contributed by atoms with E-state index < -0.39 is 0 Å². The largest absolute Gasteiger partial charge is 0.351 e. The summed E-state index contributed by atoms with van der Waals surface area (Å²) < 4.78 is 4.10. The molecular formula is C22H24N4O. The molecule has 0 aliphatic carbocycles. The van der Waals surface area contributed by atoms with Gasteiger partial charge in [-0.2, -0.15) is 0 Å². The van der Waals surface area contributed by atoms with E-state index in [-0.39, 0.29) is 17.9 Å². The van der Waals surface area contributed by atoms with Crippen LogP contribution in [-0.2, 0) is 14.1 Å². The van der Waals surface area contributed by atoms with E-state index in [1.165, 1.54) is 0 Å². The zero-order valence-corrected chi connectivity index (χ0v) is 16.1. The van der Waals surface area contributed by atoms with Gasteiger partial charge in [-0.25, -0.2) is 4.98 Å². The van der Waals surface area contributed by atoms with Gasteiger partial charge in [0.15, 0.2) is 0 Å². The average molecular weight is 360 g/mol. The molecule has 5 nitrogen and oxygen atoms in total. The van der Waals surface area contributed by atoms with Gasteiger partial charge in [-0.1, -0.05) is 32.0 Å². The van der Waals surface area contributed by atoms with Gasteiger partial charge >= 0.3 is 0 Å². The number of aryl methyl sites for hydroxylation is 2. The SMILES string of the molecule is CC(C)C(NC(=O)c1cccc2c1ccn2C)c1nc2ccccc2n1C. The average Bonchev–Trinajstić information content (AvgIpc) is 3.20. The van der Waals surface area contributed by atoms with Crippen LogP contribution in [0.25, 0.3) is 21.9 Å². The maximum absolute atomic E-state index is 13.1. The van der Waals surface area contributed by atoms with Crippen LogP contribution in [0.1, 0.15) is 36.1 Å². The van der Waals surface area contributed by atoms with Crippen LogP contribution >= 0.6 is 0 Å². The number of nitrogens with one attached hydrogen (secondary N) is 1. The minimum atomic E-state index is -0.172. The molecule has 0 radical (unpaired) electrons. The van der Waals surface area contributed by atoms with E-state index in [4.69, 9.17) is 4.98 Å². The number of imidazole rings is 1. The summed E-state index contributed by atoms with van der Waals surface area (Å²) in [7, 11) is 3.99. The molecule has 27 heavy (non-hydrogen) atoms. The van der Waals surface area contributed by atoms with E-state index in [0.717, 1.165) is 27.8 Å². The lowest BCUT2D eigenvalue weighted by atomic mass is 10.0. The highest BCUT2D eigenvalue weighted by atomic mass is 16.1. The van der Waals surface area contributed by atoms with Gasteiger partial charge < -0.3 is 14.5 Å². The quantitative estimate of drug-likeness (QED) is 0.593. The lowest BCUT2D eigenvalue weighted by molar-refractivity contribution is 0.0924. The normalized spacial score (nSPS) is 12.8. The van der Waals surface area contributed by atoms with Crippen molar-refractivity contribution in [1.29, 1.82) is 0 Å². The smallest absolute Gasteiger partial charge is 0.252 e. The minimum Gasteiger partial charge on any atom is -0.351 e. The predicted octanol–water partition coefficient (Wildman–Crippen LogP) is 4.19. The molecule has 0 bridgehead atoms. The maximum atomic E-state index is 13.1. The number of hydrogen-bond donors (Lipinski definition) is 1. The molecule has 0 spiro atoms. The lowest BCUT2D eigenvalue weighted by Gasteiger charge is -2.22. The third-order valence-electron chi connectivity index (χ3n) is 5.23. The van der Waals surface area contributed by atoms with Crippen LogP contribution in [-0.4, -0.2) is 20.0 Å². The predicted molar refractivity (Wildman–Crippen MR) is 109 cm³/mol. The minimum absolute atomic E-state index is 0.0717. The van der Waals surface area contributed by atoms with Gasteiger partial charge in [0.2, 0.25) is 0 Å². The molecule has 4 rings (SSSR count). The molecule has 0 saturated heterocycles. The fraction of sp³-hybridized carbons (Fsp3) is 0.273. The highest BCUT2D eigenvalue weighted by molar-refractivity contribution is 6.06. The first-order valence-corrected chi connectivity index (χ1v) is 9.23. The first-order valence-electron chi connectivity index (χ1n) is 9.23. The molecule has 0 saturated carbocycles. The van der Waals surface area contributed by atoms with Crippen molar-refractivity contribution in [2.45, 2.75) is 19.9 Å². The third-order valence-corrected chi connectivity index (χ3v) is 5.23. The molecule has 2 aromatic heterocycles. The zero-order valence-electron chi connectivity index (χ0n) is 16.1. The highest BCUT2D eigenvalue weighted by Crippen LogP contribution is 2.26. The molecule has 0 fully saturated rings. The van der Waals surface area contributed by atoms with Gasteiger partial charge in [-0.05, 0) is 36.2 Å². The first kappa shape index (κ1) is 17.3. The fourth-order valence-electron chi connectivity index (χ4n) is 3.69. The molecule has 1 unspecified atom stereocenters. The molecule has 1 amide bonds. The van der Waals surface area contributed by atoms with Gasteiger partial charge in [0, 0.05) is 36.8 Å². The van der Waals surface area contributed by atoms with Crippen LogP contribution < -0.4 is 5.32 Å². The molecule has 2 heterocycles. The molecule has 1 atom stereocenters. The van der Waals surface area contributed by atoms with Gasteiger partial charge in [-0.3, -0.25) is 4.79 Å². The summed E-state index contributed by atoms with van der Waals surface area (Å²) in [5.41, 5.74) is 3.75. The van der Waals surface area contributed by atoms with Crippen molar-refractivity contribution in [2.24, 2.45) is 20.0 Å². The van der Waals surface area contributed by atoms with Crippen molar-refractivity contribution in [1.82, 2.24) is 19.4 Å². The number of rotatable bonds is 4. The number of carbonyl (C=O) groups excluding carboxylic acids is 1. The van der Waals surface area contributed by atoms with Crippen LogP contribution in [0.4, 0.5) is 0 Å². The summed E-state index contributed by atoms with van der Waals surface area (Å²) in [6, 6.07) is 15.7. The zero-order chi connectivity index (χ0) is 19.1. The number of benzene rings is 2. The maximum Gasteiger partial charge on any atom is 0.252 e. The number of hydrogen-bond acceptors (Lipinski definition) is 2. The van der Waals surface area contributed by atoms with Crippen LogP contribution in [0.3, 0.4) is 0 Å². The van der Waals surface area contributed by atoms with Crippen molar-refractivity contribution in [3.63, 3.8) is 0 Å². The second kappa shape index (κ2) is 6.58. The summed E-state index contributed by atoms with van der Waals surface area (Å²) in [4.78, 5) is 17.9. The number of fused-ring (bicyclic) bond motifs is 2. The standard InChI is InChI=1S/C22H24N4O/c1-14(2)20(21-23-17-9-5-6-10-19(17)26(21)4)24-22(27)16-8-7-11-18-15(16)12-13-25(18)3/h5-14,20H,1-4H3,(H,24,27). The number of amides is 1. The van der Waals surface area contributed by atoms with Gasteiger partial charge in [0.1, 0.15) is 5.82 Å². The van der Waals surface area contributed by atoms with Crippen LogP contribution in [0.15, 0.2) is 54.7 Å². The van der Waals surface area contributed by atoms with E-state index in [9.17, 15) is 4.79 Å². The van der Waals surface area contributed by atoms with E-state index in [1.54, 1.807) is 0 Å². The van der Waals surface area contributed by atoms with Crippen LogP contribution in [0, 0.1) is 5.92 Å². The molecule has 138 valence electrons. The number of nitrogens with zero attached hydrogens (tertiary/aromatic N) is 3. The summed E-state index contributed by atoms with van der Waals surface area (Å²) in [6.45, 7) is 4.21. The molecule has 5 heteroatoms. The summed E-state index contributed by atoms with van der Waals surface area (Å²) in [6.07, 6.45) is 1.98. The second-order valence-corrected chi connectivity index (χ2v) is 7.38. The van der Waals surface area contributed by atoms with Gasteiger partial charge in [0.25, 0.3) is 5.91 Å². The van der Waals surface area contributed by atoms with Crippen molar-refractivity contribution >= 4 is 27.8 Å². The fourth-order valence-corrected chi connectivity index (χ4v) is 3.69. The Morgan fingerprint density at radius 3 is 2.48 bits per heavy atom. The Morgan fingerprint density at radius 1 is 1.00 bits per heavy atom. The Labute approximate surface area is 158 Å². The summed E-state index contributed by atoms with van der Waals surface area (Å²) in [5, 5.41) is 4.18. The Kier molecular flexibility index (Phi) is 4.22. The van der Waals surface area contributed by atoms with Gasteiger partial charge in [0.05, 0.1) is 17.1 Å². The first-order chi connectivity index (χ1) is 13.0. The molecule has 0 aliphatic rings. The molecule has 1 N–H and O–H groups in total. The van der Waals surface area contributed by atoms with Crippen molar-refractivity contribution < 1.29 is 4.79 Å². The topological polar surface area (TPSA) is 51.9 Å². The lowest BCUT2D eigenvalue weighted by Crippen LogP contribution is -2.33. The highest BCUT2D eigenvalue weighted by Gasteiger charge is 2.25. The van der Waals surface area contributed by atoms with E-state index in [2.05, 4.69) is 29.8 Å². The van der Waals surface area contributed by atoms with Crippen LogP contribution in [0.2, 0.25) is 0 Å². The number of aromatic nitrogens is 3. The number of carbonyl (C=O) groups is 1. The van der Waals surface area contributed by atoms with Gasteiger partial charge in [-0.15, -0.1) is 0 Å². The van der Waals surface area contributed by atoms with E-state index in [1.807, 2.05) is 67.3 Å². The molecule has 2 aromatic carbocycles. The molecule has 4 aromatic rings. The molecule has 0 aliphatic heterocycles. The second-order valence-electron chi connectivity index (χ2n) is 7.38.